The molecule has 0 saturated carbocycles. The van der Waals surface area contributed by atoms with Crippen molar-refractivity contribution in [2.45, 2.75) is 50.7 Å². The van der Waals surface area contributed by atoms with Crippen molar-refractivity contribution in [3.05, 3.63) is 113 Å². The SMILES string of the molecule is O=C(NC1CCN(c2ccc(CN3CCC(NC(=O)c4cccc(-c5ccc(OC(F)(F)F)cc5)c4Cl)CC3)cn2)CC1)c1ccccc1. The van der Waals surface area contributed by atoms with Crippen LogP contribution in [0.4, 0.5) is 19.0 Å². The Labute approximate surface area is 288 Å². The van der Waals surface area contributed by atoms with Crippen molar-refractivity contribution in [2.75, 3.05) is 31.1 Å². The molecule has 1 aromatic heterocycles. The standard InChI is InChI=1S/C37H37ClF3N5O3/c38-34-31(26-10-12-30(13-11-26)49-37(39,40)41)7-4-8-32(34)36(48)44-28-15-19-45(20-16-28)24-25-9-14-33(42-23-25)46-21-17-29(18-22-46)43-35(47)27-5-2-1-3-6-27/h1-14,23,28-29H,15-22,24H2,(H,43,47)(H,44,48). The number of piperidine rings is 2. The van der Waals surface area contributed by atoms with E-state index >= 15 is 0 Å². The van der Waals surface area contributed by atoms with E-state index in [2.05, 4.69) is 37.3 Å². The van der Waals surface area contributed by atoms with Crippen molar-refractivity contribution < 1.29 is 27.5 Å². The highest BCUT2D eigenvalue weighted by molar-refractivity contribution is 6.36. The summed E-state index contributed by atoms with van der Waals surface area (Å²) in [6.45, 7) is 4.05. The maximum absolute atomic E-state index is 13.2. The minimum Gasteiger partial charge on any atom is -0.406 e. The van der Waals surface area contributed by atoms with Gasteiger partial charge < -0.3 is 20.3 Å². The molecule has 2 N–H and O–H groups in total. The summed E-state index contributed by atoms with van der Waals surface area (Å²) in [5, 5.41) is 6.49. The Hall–Kier alpha value is -4.61. The maximum atomic E-state index is 13.2. The molecular formula is C37H37ClF3N5O3. The maximum Gasteiger partial charge on any atom is 0.573 e. The van der Waals surface area contributed by atoms with Crippen LogP contribution in [-0.2, 0) is 6.54 Å². The molecule has 256 valence electrons. The van der Waals surface area contributed by atoms with Gasteiger partial charge in [-0.05, 0) is 73.2 Å². The predicted octanol–water partition coefficient (Wildman–Crippen LogP) is 7.09. The van der Waals surface area contributed by atoms with Crippen LogP contribution in [0.15, 0.2) is 91.1 Å². The van der Waals surface area contributed by atoms with Crippen molar-refractivity contribution >= 4 is 29.2 Å². The Bertz CT molecular complexity index is 1720. The minimum atomic E-state index is -4.78. The molecule has 8 nitrogen and oxygen atoms in total. The van der Waals surface area contributed by atoms with Crippen LogP contribution in [0.25, 0.3) is 11.1 Å². The lowest BCUT2D eigenvalue weighted by atomic mass is 10.0. The fourth-order valence-corrected chi connectivity index (χ4v) is 6.65. The normalized spacial score (nSPS) is 16.3. The van der Waals surface area contributed by atoms with E-state index in [0.29, 0.717) is 22.3 Å². The van der Waals surface area contributed by atoms with Crippen LogP contribution in [0.3, 0.4) is 0 Å². The number of carbonyl (C=O) groups excluding carboxylic acids is 2. The number of rotatable bonds is 9. The van der Waals surface area contributed by atoms with Crippen molar-refractivity contribution in [2.24, 2.45) is 0 Å². The quantitative estimate of drug-likeness (QED) is 0.195. The summed E-state index contributed by atoms with van der Waals surface area (Å²) in [7, 11) is 0. The summed E-state index contributed by atoms with van der Waals surface area (Å²) in [5.74, 6) is 0.286. The van der Waals surface area contributed by atoms with E-state index in [-0.39, 0.29) is 34.7 Å². The number of pyridine rings is 1. The number of benzene rings is 3. The first kappa shape index (κ1) is 34.3. The van der Waals surface area contributed by atoms with Crippen LogP contribution in [0.1, 0.15) is 52.0 Å². The van der Waals surface area contributed by atoms with Gasteiger partial charge in [-0.3, -0.25) is 14.5 Å². The lowest BCUT2D eigenvalue weighted by Crippen LogP contribution is -2.45. The van der Waals surface area contributed by atoms with Gasteiger partial charge in [0.05, 0.1) is 10.6 Å². The highest BCUT2D eigenvalue weighted by Crippen LogP contribution is 2.33. The molecule has 2 aliphatic rings. The number of hydrogen-bond donors (Lipinski definition) is 2. The van der Waals surface area contributed by atoms with E-state index in [9.17, 15) is 22.8 Å². The average Bonchev–Trinajstić information content (AvgIpc) is 3.10. The van der Waals surface area contributed by atoms with Crippen molar-refractivity contribution in [3.8, 4) is 16.9 Å². The van der Waals surface area contributed by atoms with Crippen molar-refractivity contribution in [3.63, 3.8) is 0 Å². The number of carbonyl (C=O) groups is 2. The van der Waals surface area contributed by atoms with Crippen molar-refractivity contribution in [1.29, 1.82) is 0 Å². The molecule has 0 unspecified atom stereocenters. The molecule has 2 aliphatic heterocycles. The van der Waals surface area contributed by atoms with Gasteiger partial charge in [0, 0.05) is 62.1 Å². The predicted molar refractivity (Wildman–Crippen MR) is 183 cm³/mol. The Balaban J connectivity index is 0.948. The number of amides is 2. The third-order valence-corrected chi connectivity index (χ3v) is 9.38. The number of likely N-dealkylation sites (tertiary alicyclic amines) is 1. The van der Waals surface area contributed by atoms with Crippen LogP contribution >= 0.6 is 11.6 Å². The molecular weight excluding hydrogens is 655 g/mol. The monoisotopic (exact) mass is 691 g/mol. The summed E-state index contributed by atoms with van der Waals surface area (Å²) in [6, 6.07) is 24.0. The Morgan fingerprint density at radius 3 is 2.08 bits per heavy atom. The van der Waals surface area contributed by atoms with E-state index in [4.69, 9.17) is 16.6 Å². The number of halogens is 4. The zero-order chi connectivity index (χ0) is 34.4. The average molecular weight is 692 g/mol. The number of nitrogens with one attached hydrogen (secondary N) is 2. The van der Waals surface area contributed by atoms with E-state index in [1.807, 2.05) is 36.5 Å². The van der Waals surface area contributed by atoms with Gasteiger partial charge in [0.15, 0.2) is 0 Å². The molecule has 49 heavy (non-hydrogen) atoms. The molecule has 2 fully saturated rings. The van der Waals surface area contributed by atoms with Gasteiger partial charge in [-0.2, -0.15) is 0 Å². The first-order valence-corrected chi connectivity index (χ1v) is 16.7. The first-order valence-electron chi connectivity index (χ1n) is 16.3. The Kier molecular flexibility index (Phi) is 10.7. The zero-order valence-electron chi connectivity index (χ0n) is 26.8. The smallest absolute Gasteiger partial charge is 0.406 e. The summed E-state index contributed by atoms with van der Waals surface area (Å²) in [4.78, 5) is 35.0. The molecule has 2 amide bonds. The molecule has 0 aliphatic carbocycles. The second-order valence-corrected chi connectivity index (χ2v) is 12.8. The van der Waals surface area contributed by atoms with Crippen LogP contribution < -0.4 is 20.3 Å². The number of hydrogen-bond acceptors (Lipinski definition) is 6. The number of ether oxygens (including phenoxy) is 1. The van der Waals surface area contributed by atoms with E-state index < -0.39 is 6.36 Å². The lowest BCUT2D eigenvalue weighted by molar-refractivity contribution is -0.274. The summed E-state index contributed by atoms with van der Waals surface area (Å²) in [5.41, 5.74) is 3.22. The van der Waals surface area contributed by atoms with Gasteiger partial charge in [-0.1, -0.05) is 60.1 Å². The summed E-state index contributed by atoms with van der Waals surface area (Å²) >= 11 is 6.62. The van der Waals surface area contributed by atoms with Crippen LogP contribution in [-0.4, -0.2) is 66.3 Å². The van der Waals surface area contributed by atoms with Gasteiger partial charge in [0.25, 0.3) is 11.8 Å². The van der Waals surface area contributed by atoms with Gasteiger partial charge in [0.2, 0.25) is 0 Å². The molecule has 12 heteroatoms. The summed E-state index contributed by atoms with van der Waals surface area (Å²) in [6.07, 6.45) is 0.446. The van der Waals surface area contributed by atoms with Gasteiger partial charge in [-0.15, -0.1) is 13.2 Å². The largest absolute Gasteiger partial charge is 0.573 e. The molecule has 0 spiro atoms. The number of alkyl halides is 3. The van der Waals surface area contributed by atoms with E-state index in [0.717, 1.165) is 69.8 Å². The van der Waals surface area contributed by atoms with Gasteiger partial charge in [-0.25, -0.2) is 4.98 Å². The van der Waals surface area contributed by atoms with E-state index in [1.54, 1.807) is 18.2 Å². The Morgan fingerprint density at radius 1 is 0.796 bits per heavy atom. The minimum absolute atomic E-state index is 0.0109. The molecule has 3 heterocycles. The fraction of sp³-hybridized carbons (Fsp3) is 0.324. The second-order valence-electron chi connectivity index (χ2n) is 12.4. The van der Waals surface area contributed by atoms with Crippen LogP contribution in [0, 0.1) is 0 Å². The number of nitrogens with zero attached hydrogens (tertiary/aromatic N) is 3. The number of aromatic nitrogens is 1. The molecule has 6 rings (SSSR count). The molecule has 0 atom stereocenters. The van der Waals surface area contributed by atoms with E-state index in [1.165, 1.54) is 24.3 Å². The third kappa shape index (κ3) is 9.10. The fourth-order valence-electron chi connectivity index (χ4n) is 6.33. The molecule has 0 bridgehead atoms. The second kappa shape index (κ2) is 15.3. The van der Waals surface area contributed by atoms with Gasteiger partial charge >= 0.3 is 6.36 Å². The topological polar surface area (TPSA) is 86.8 Å². The first-order chi connectivity index (χ1) is 23.6. The molecule has 0 radical (unpaired) electrons. The highest BCUT2D eigenvalue weighted by Gasteiger charge is 2.31. The molecule has 2 saturated heterocycles. The highest BCUT2D eigenvalue weighted by atomic mass is 35.5. The Morgan fingerprint density at radius 2 is 1.45 bits per heavy atom. The van der Waals surface area contributed by atoms with Crippen molar-refractivity contribution in [1.82, 2.24) is 20.5 Å². The number of anilines is 1. The lowest BCUT2D eigenvalue weighted by Gasteiger charge is -2.34. The third-order valence-electron chi connectivity index (χ3n) is 8.97. The zero-order valence-corrected chi connectivity index (χ0v) is 27.5. The summed E-state index contributed by atoms with van der Waals surface area (Å²) < 4.78 is 41.5. The molecule has 3 aromatic carbocycles. The molecule has 4 aromatic rings. The van der Waals surface area contributed by atoms with Crippen LogP contribution in [0.5, 0.6) is 5.75 Å². The van der Waals surface area contributed by atoms with Gasteiger partial charge in [0.1, 0.15) is 11.6 Å². The van der Waals surface area contributed by atoms with Crippen LogP contribution in [0.2, 0.25) is 5.02 Å².